The van der Waals surface area contributed by atoms with Gasteiger partial charge in [-0.3, -0.25) is 0 Å². The van der Waals surface area contributed by atoms with E-state index < -0.39 is 0 Å². The van der Waals surface area contributed by atoms with Gasteiger partial charge in [-0.1, -0.05) is 0 Å². The summed E-state index contributed by atoms with van der Waals surface area (Å²) in [5, 5.41) is 0. The Morgan fingerprint density at radius 3 is 2.83 bits per heavy atom. The second-order valence-corrected chi connectivity index (χ2v) is 4.44. The number of carbonyl (C=O) groups excluding carboxylic acids is 1. The Balaban J connectivity index is 3.13. The Kier molecular flexibility index (Phi) is 3.36. The van der Waals surface area contributed by atoms with Crippen LogP contribution < -0.4 is 4.35 Å². The first-order chi connectivity index (χ1) is 5.65. The van der Waals surface area contributed by atoms with E-state index in [-0.39, 0.29) is 5.97 Å². The van der Waals surface area contributed by atoms with Crippen LogP contribution in [0.4, 0.5) is 0 Å². The number of benzene rings is 1. The summed E-state index contributed by atoms with van der Waals surface area (Å²) in [6, 6.07) is 5.57. The quantitative estimate of drug-likeness (QED) is 0.556. The molecular weight excluding hydrogens is 283 g/mol. The predicted octanol–water partition coefficient (Wildman–Crippen LogP) is 0.494. The fourth-order valence-electron chi connectivity index (χ4n) is 0.815. The minimum atomic E-state index is -0.282. The molecule has 1 aromatic carbocycles. The van der Waals surface area contributed by atoms with Crippen molar-refractivity contribution in [3.8, 4) is 0 Å². The van der Waals surface area contributed by atoms with Crippen LogP contribution in [0.25, 0.3) is 0 Å². The summed E-state index contributed by atoms with van der Waals surface area (Å²) in [6.07, 6.45) is 0. The average molecular weight is 291 g/mol. The SMILES string of the molecule is COC(=O)c1cc(Br)ccc1[AsH2]. The molecule has 0 amide bonds. The van der Waals surface area contributed by atoms with Crippen LogP contribution in [-0.4, -0.2) is 29.9 Å². The third kappa shape index (κ3) is 2.11. The molecule has 0 heterocycles. The number of carbonyl (C=O) groups is 1. The number of esters is 1. The molecule has 0 bridgehead atoms. The fourth-order valence-corrected chi connectivity index (χ4v) is 1.80. The van der Waals surface area contributed by atoms with Gasteiger partial charge >= 0.3 is 88.0 Å². The standard InChI is InChI=1S/C8H8AsBrO2/c1-12-8(11)6-4-5(10)2-3-7(6)9/h2-4H,9H2,1H3. The van der Waals surface area contributed by atoms with E-state index in [9.17, 15) is 4.79 Å². The number of hydrogen-bond donors (Lipinski definition) is 0. The predicted molar refractivity (Wildman–Crippen MR) is 53.7 cm³/mol. The third-order valence-electron chi connectivity index (χ3n) is 1.42. The van der Waals surface area contributed by atoms with Crippen LogP contribution in [0.3, 0.4) is 0 Å². The van der Waals surface area contributed by atoms with Gasteiger partial charge in [-0.2, -0.15) is 0 Å². The molecular formula is C8H8AsBrO2. The van der Waals surface area contributed by atoms with Gasteiger partial charge in [0, 0.05) is 0 Å². The second kappa shape index (κ2) is 4.10. The zero-order valence-electron chi connectivity index (χ0n) is 6.50. The maximum atomic E-state index is 11.2. The van der Waals surface area contributed by atoms with Gasteiger partial charge in [0.25, 0.3) is 0 Å². The number of halogens is 1. The molecule has 0 spiro atoms. The van der Waals surface area contributed by atoms with E-state index >= 15 is 0 Å². The van der Waals surface area contributed by atoms with Gasteiger partial charge in [0.05, 0.1) is 0 Å². The molecule has 4 heteroatoms. The van der Waals surface area contributed by atoms with E-state index in [1.54, 1.807) is 6.07 Å². The number of methoxy groups -OCH3 is 1. The average Bonchev–Trinajstić information content (AvgIpc) is 2.08. The van der Waals surface area contributed by atoms with Gasteiger partial charge in [0.15, 0.2) is 0 Å². The molecule has 0 radical (unpaired) electrons. The molecule has 0 saturated heterocycles. The van der Waals surface area contributed by atoms with Gasteiger partial charge in [-0.15, -0.1) is 0 Å². The van der Waals surface area contributed by atoms with E-state index in [1.807, 2.05) is 12.1 Å². The first-order valence-electron chi connectivity index (χ1n) is 3.28. The monoisotopic (exact) mass is 290 g/mol. The van der Waals surface area contributed by atoms with E-state index in [4.69, 9.17) is 0 Å². The van der Waals surface area contributed by atoms with Crippen LogP contribution in [0.1, 0.15) is 10.4 Å². The Morgan fingerprint density at radius 1 is 1.58 bits per heavy atom. The first kappa shape index (κ1) is 9.81. The topological polar surface area (TPSA) is 26.3 Å². The molecule has 1 unspecified atom stereocenters. The third-order valence-corrected chi connectivity index (χ3v) is 2.97. The zero-order chi connectivity index (χ0) is 9.14. The van der Waals surface area contributed by atoms with E-state index in [0.29, 0.717) is 5.56 Å². The Morgan fingerprint density at radius 2 is 2.25 bits per heavy atom. The van der Waals surface area contributed by atoms with E-state index in [2.05, 4.69) is 20.7 Å². The van der Waals surface area contributed by atoms with Crippen LogP contribution in [0.15, 0.2) is 22.7 Å². The van der Waals surface area contributed by atoms with Gasteiger partial charge in [0.1, 0.15) is 0 Å². The Hall–Kier alpha value is -0.272. The molecule has 2 nitrogen and oxygen atoms in total. The van der Waals surface area contributed by atoms with Gasteiger partial charge in [0.2, 0.25) is 0 Å². The fraction of sp³-hybridized carbons (Fsp3) is 0.125. The summed E-state index contributed by atoms with van der Waals surface area (Å²) in [5.74, 6) is -0.282. The van der Waals surface area contributed by atoms with Crippen molar-refractivity contribution in [2.75, 3.05) is 7.11 Å². The van der Waals surface area contributed by atoms with Crippen molar-refractivity contribution in [1.29, 1.82) is 0 Å². The number of hydrogen-bond acceptors (Lipinski definition) is 2. The summed E-state index contributed by atoms with van der Waals surface area (Å²) >= 11 is 4.71. The molecule has 0 aromatic heterocycles. The van der Waals surface area contributed by atoms with Crippen molar-refractivity contribution in [2.24, 2.45) is 0 Å². The van der Waals surface area contributed by atoms with Crippen molar-refractivity contribution >= 4 is 43.1 Å². The van der Waals surface area contributed by atoms with E-state index in [0.717, 1.165) is 8.82 Å². The van der Waals surface area contributed by atoms with Crippen LogP contribution in [0.5, 0.6) is 0 Å². The molecule has 0 aliphatic rings. The van der Waals surface area contributed by atoms with Crippen molar-refractivity contribution in [3.63, 3.8) is 0 Å². The van der Waals surface area contributed by atoms with Crippen molar-refractivity contribution in [3.05, 3.63) is 28.2 Å². The summed E-state index contributed by atoms with van der Waals surface area (Å²) in [7, 11) is 1.38. The molecule has 64 valence electrons. The molecule has 1 atom stereocenters. The summed E-state index contributed by atoms with van der Waals surface area (Å²) in [6.45, 7) is 0. The van der Waals surface area contributed by atoms with Gasteiger partial charge in [-0.05, 0) is 0 Å². The normalized spacial score (nSPS) is 9.58. The van der Waals surface area contributed by atoms with Crippen LogP contribution in [-0.2, 0) is 4.74 Å². The number of rotatable bonds is 1. The molecule has 0 fully saturated rings. The summed E-state index contributed by atoms with van der Waals surface area (Å²) in [5.41, 5.74) is 0.631. The first-order valence-corrected chi connectivity index (χ1v) is 5.29. The number of ether oxygens (including phenoxy) is 1. The van der Waals surface area contributed by atoms with Crippen molar-refractivity contribution in [1.82, 2.24) is 0 Å². The minimum absolute atomic E-state index is 0.282. The molecule has 0 aliphatic carbocycles. The summed E-state index contributed by atoms with van der Waals surface area (Å²) in [4.78, 5) is 11.2. The van der Waals surface area contributed by atoms with Crippen LogP contribution in [0, 0.1) is 0 Å². The second-order valence-electron chi connectivity index (χ2n) is 2.22. The van der Waals surface area contributed by atoms with Crippen LogP contribution >= 0.6 is 15.9 Å². The molecule has 0 N–H and O–H groups in total. The molecule has 1 rings (SSSR count). The van der Waals surface area contributed by atoms with Gasteiger partial charge < -0.3 is 0 Å². The molecule has 1 aromatic rings. The van der Waals surface area contributed by atoms with Gasteiger partial charge in [-0.25, -0.2) is 0 Å². The van der Waals surface area contributed by atoms with Crippen molar-refractivity contribution < 1.29 is 9.53 Å². The summed E-state index contributed by atoms with van der Waals surface area (Å²) < 4.78 is 6.50. The van der Waals surface area contributed by atoms with E-state index in [1.165, 1.54) is 24.0 Å². The Bertz CT molecular complexity index is 312. The molecule has 0 aliphatic heterocycles. The Labute approximate surface area is 87.9 Å². The molecule has 0 saturated carbocycles. The van der Waals surface area contributed by atoms with Crippen LogP contribution in [0.2, 0.25) is 0 Å². The van der Waals surface area contributed by atoms with Crippen molar-refractivity contribution in [2.45, 2.75) is 0 Å². The molecule has 12 heavy (non-hydrogen) atoms. The zero-order valence-corrected chi connectivity index (χ0v) is 10.5. The maximum absolute atomic E-state index is 11.2.